The van der Waals surface area contributed by atoms with Crippen molar-refractivity contribution in [3.63, 3.8) is 0 Å². The van der Waals surface area contributed by atoms with Crippen molar-refractivity contribution >= 4 is 37.3 Å². The lowest BCUT2D eigenvalue weighted by atomic mass is 10.2. The van der Waals surface area contributed by atoms with E-state index in [1.807, 2.05) is 12.1 Å². The summed E-state index contributed by atoms with van der Waals surface area (Å²) >= 11 is 3.32. The van der Waals surface area contributed by atoms with Gasteiger partial charge in [0.15, 0.2) is 0 Å². The largest absolute Gasteiger partial charge is 0.397 e. The first-order chi connectivity index (χ1) is 9.87. The van der Waals surface area contributed by atoms with Crippen molar-refractivity contribution in [3.05, 3.63) is 52.3 Å². The van der Waals surface area contributed by atoms with Crippen LogP contribution in [0.2, 0.25) is 0 Å². The Kier molecular flexibility index (Phi) is 4.84. The molecule has 0 unspecified atom stereocenters. The molecule has 0 amide bonds. The quantitative estimate of drug-likeness (QED) is 0.793. The van der Waals surface area contributed by atoms with Gasteiger partial charge in [0, 0.05) is 22.8 Å². The number of pyridine rings is 1. The number of aryl methyl sites for hydroxylation is 2. The minimum atomic E-state index is -3.48. The number of nitrogens with zero attached hydrogens (tertiary/aromatic N) is 1. The predicted octanol–water partition coefficient (Wildman–Crippen LogP) is 2.72. The summed E-state index contributed by atoms with van der Waals surface area (Å²) in [6, 6.07) is 8.91. The first-order valence-electron chi connectivity index (χ1n) is 6.33. The fraction of sp³-hybridized carbons (Fsp3) is 0.214. The number of nitrogens with one attached hydrogen (secondary N) is 1. The summed E-state index contributed by atoms with van der Waals surface area (Å²) in [5.74, 6) is -0.0427. The highest BCUT2D eigenvalue weighted by Crippen LogP contribution is 2.28. The highest BCUT2D eigenvalue weighted by Gasteiger charge is 2.15. The van der Waals surface area contributed by atoms with Gasteiger partial charge in [-0.1, -0.05) is 22.0 Å². The lowest BCUT2D eigenvalue weighted by Gasteiger charge is -2.13. The predicted molar refractivity (Wildman–Crippen MR) is 88.6 cm³/mol. The Balaban J connectivity index is 2.11. The van der Waals surface area contributed by atoms with Crippen molar-refractivity contribution < 1.29 is 8.42 Å². The van der Waals surface area contributed by atoms with E-state index in [0.29, 0.717) is 17.8 Å². The molecule has 1 heterocycles. The van der Waals surface area contributed by atoms with Crippen molar-refractivity contribution in [2.45, 2.75) is 13.3 Å². The monoisotopic (exact) mass is 369 g/mol. The zero-order chi connectivity index (χ0) is 15.5. The van der Waals surface area contributed by atoms with Crippen LogP contribution in [0.15, 0.2) is 41.0 Å². The maximum Gasteiger partial charge on any atom is 0.233 e. The summed E-state index contributed by atoms with van der Waals surface area (Å²) in [6.07, 6.45) is 2.00. The van der Waals surface area contributed by atoms with Crippen LogP contribution in [0.4, 0.5) is 11.4 Å². The van der Waals surface area contributed by atoms with Crippen LogP contribution in [0.3, 0.4) is 0 Å². The summed E-state index contributed by atoms with van der Waals surface area (Å²) < 4.78 is 27.7. The van der Waals surface area contributed by atoms with Gasteiger partial charge in [-0.3, -0.25) is 9.71 Å². The summed E-state index contributed by atoms with van der Waals surface area (Å²) in [7, 11) is -3.48. The van der Waals surface area contributed by atoms with Crippen molar-refractivity contribution in [2.24, 2.45) is 0 Å². The molecule has 0 bridgehead atoms. The molecule has 1 aromatic heterocycles. The second kappa shape index (κ2) is 6.44. The summed E-state index contributed by atoms with van der Waals surface area (Å²) in [5.41, 5.74) is 8.20. The molecular weight excluding hydrogens is 354 g/mol. The van der Waals surface area contributed by atoms with E-state index in [2.05, 4.69) is 25.6 Å². The van der Waals surface area contributed by atoms with Crippen LogP contribution in [-0.2, 0) is 16.4 Å². The lowest BCUT2D eigenvalue weighted by molar-refractivity contribution is 0.600. The Labute approximate surface area is 132 Å². The molecule has 0 radical (unpaired) electrons. The first kappa shape index (κ1) is 15.8. The topological polar surface area (TPSA) is 85.1 Å². The van der Waals surface area contributed by atoms with Crippen molar-refractivity contribution in [3.8, 4) is 0 Å². The number of benzene rings is 1. The molecule has 2 rings (SSSR count). The smallest absolute Gasteiger partial charge is 0.233 e. The van der Waals surface area contributed by atoms with Crippen LogP contribution in [0.25, 0.3) is 0 Å². The third-order valence-electron chi connectivity index (χ3n) is 2.94. The maximum absolute atomic E-state index is 12.2. The Bertz CT molecular complexity index is 710. The van der Waals surface area contributed by atoms with Crippen LogP contribution >= 0.6 is 15.9 Å². The molecule has 0 saturated carbocycles. The van der Waals surface area contributed by atoms with E-state index in [4.69, 9.17) is 5.73 Å². The van der Waals surface area contributed by atoms with Gasteiger partial charge in [-0.05, 0) is 36.8 Å². The Morgan fingerprint density at radius 1 is 1.33 bits per heavy atom. The Hall–Kier alpha value is -1.60. The average Bonchev–Trinajstić information content (AvgIpc) is 2.42. The third-order valence-corrected chi connectivity index (χ3v) is 4.66. The molecule has 112 valence electrons. The molecule has 5 nitrogen and oxygen atoms in total. The molecule has 0 aliphatic heterocycles. The Morgan fingerprint density at radius 2 is 2.10 bits per heavy atom. The molecule has 7 heteroatoms. The van der Waals surface area contributed by atoms with E-state index in [-0.39, 0.29) is 5.75 Å². The number of hydrogen-bond donors (Lipinski definition) is 2. The van der Waals surface area contributed by atoms with Gasteiger partial charge >= 0.3 is 0 Å². The number of nitrogens with two attached hydrogens (primary N) is 1. The molecule has 0 aliphatic rings. The number of sulfonamides is 1. The number of halogens is 1. The minimum absolute atomic E-state index is 0.0427. The van der Waals surface area contributed by atoms with Crippen molar-refractivity contribution in [1.29, 1.82) is 0 Å². The number of aromatic nitrogens is 1. The van der Waals surface area contributed by atoms with Gasteiger partial charge in [-0.2, -0.15) is 0 Å². The van der Waals surface area contributed by atoms with E-state index in [0.717, 1.165) is 15.7 Å². The van der Waals surface area contributed by atoms with Crippen LogP contribution < -0.4 is 10.5 Å². The normalized spacial score (nSPS) is 11.3. The first-order valence-corrected chi connectivity index (χ1v) is 8.78. The van der Waals surface area contributed by atoms with Gasteiger partial charge in [0.2, 0.25) is 10.0 Å². The molecule has 0 aliphatic carbocycles. The SMILES string of the molecule is Cc1cc(Br)cc(N)c1NS(=O)(=O)CCc1ccccn1. The number of anilines is 2. The maximum atomic E-state index is 12.2. The van der Waals surface area contributed by atoms with Crippen molar-refractivity contribution in [2.75, 3.05) is 16.2 Å². The number of hydrogen-bond acceptors (Lipinski definition) is 4. The van der Waals surface area contributed by atoms with Crippen LogP contribution in [-0.4, -0.2) is 19.2 Å². The number of nitrogen functional groups attached to an aromatic ring is 1. The molecule has 2 aromatic rings. The fourth-order valence-electron chi connectivity index (χ4n) is 1.90. The zero-order valence-corrected chi connectivity index (χ0v) is 13.9. The molecule has 21 heavy (non-hydrogen) atoms. The molecule has 1 aromatic carbocycles. The van der Waals surface area contributed by atoms with Crippen molar-refractivity contribution in [1.82, 2.24) is 4.98 Å². The Morgan fingerprint density at radius 3 is 2.71 bits per heavy atom. The highest BCUT2D eigenvalue weighted by molar-refractivity contribution is 9.10. The van der Waals surface area contributed by atoms with E-state index in [1.165, 1.54) is 0 Å². The highest BCUT2D eigenvalue weighted by atomic mass is 79.9. The summed E-state index contributed by atoms with van der Waals surface area (Å²) in [5, 5.41) is 0. The third kappa shape index (κ3) is 4.44. The van der Waals surface area contributed by atoms with Crippen LogP contribution in [0, 0.1) is 6.92 Å². The fourth-order valence-corrected chi connectivity index (χ4v) is 3.66. The van der Waals surface area contributed by atoms with Gasteiger partial charge in [-0.25, -0.2) is 8.42 Å². The van der Waals surface area contributed by atoms with E-state index >= 15 is 0 Å². The molecular formula is C14H16BrN3O2S. The van der Waals surface area contributed by atoms with Gasteiger partial charge < -0.3 is 5.73 Å². The lowest BCUT2D eigenvalue weighted by Crippen LogP contribution is -2.20. The molecule has 0 atom stereocenters. The van der Waals surface area contributed by atoms with Crippen LogP contribution in [0.5, 0.6) is 0 Å². The summed E-state index contributed by atoms with van der Waals surface area (Å²) in [6.45, 7) is 1.80. The van der Waals surface area contributed by atoms with Gasteiger partial charge in [0.05, 0.1) is 17.1 Å². The minimum Gasteiger partial charge on any atom is -0.397 e. The van der Waals surface area contributed by atoms with Gasteiger partial charge in [0.1, 0.15) is 0 Å². The molecule has 0 saturated heterocycles. The standard InChI is InChI=1S/C14H16BrN3O2S/c1-10-8-11(15)9-13(16)14(10)18-21(19,20)7-5-12-4-2-3-6-17-12/h2-4,6,8-9,18H,5,7,16H2,1H3. The molecule has 0 spiro atoms. The molecule has 3 N–H and O–H groups in total. The van der Waals surface area contributed by atoms with E-state index < -0.39 is 10.0 Å². The molecule has 0 fully saturated rings. The van der Waals surface area contributed by atoms with Gasteiger partial charge in [-0.15, -0.1) is 0 Å². The number of rotatable bonds is 5. The zero-order valence-electron chi connectivity index (χ0n) is 11.5. The van der Waals surface area contributed by atoms with E-state index in [1.54, 1.807) is 31.3 Å². The van der Waals surface area contributed by atoms with E-state index in [9.17, 15) is 8.42 Å². The average molecular weight is 370 g/mol. The second-order valence-corrected chi connectivity index (χ2v) is 7.44. The summed E-state index contributed by atoms with van der Waals surface area (Å²) in [4.78, 5) is 4.11. The van der Waals surface area contributed by atoms with Crippen LogP contribution in [0.1, 0.15) is 11.3 Å². The second-order valence-electron chi connectivity index (χ2n) is 4.68. The van der Waals surface area contributed by atoms with Gasteiger partial charge in [0.25, 0.3) is 0 Å².